The Kier molecular flexibility index (Phi) is 6.83. The monoisotopic (exact) mass is 379 g/mol. The zero-order valence-corrected chi connectivity index (χ0v) is 16.6. The molecule has 0 aliphatic carbocycles. The zero-order chi connectivity index (χ0) is 19.2. The Morgan fingerprint density at radius 1 is 1.19 bits per heavy atom. The molecule has 0 unspecified atom stereocenters. The maximum atomic E-state index is 12.2. The molecule has 1 aromatic rings. The molecule has 1 fully saturated rings. The normalized spacial score (nSPS) is 16.8. The van der Waals surface area contributed by atoms with Crippen LogP contribution in [0.1, 0.15) is 39.2 Å². The van der Waals surface area contributed by atoms with E-state index >= 15 is 0 Å². The summed E-state index contributed by atoms with van der Waals surface area (Å²) in [5.41, 5.74) is 0.588. The highest BCUT2D eigenvalue weighted by atomic mass is 32.2. The predicted molar refractivity (Wildman–Crippen MR) is 105 cm³/mol. The lowest BCUT2D eigenvalue weighted by molar-refractivity contribution is 0.163. The Morgan fingerprint density at radius 3 is 2.38 bits per heavy atom. The third-order valence-electron chi connectivity index (χ3n) is 4.20. The molecule has 7 heteroatoms. The number of likely N-dealkylation sites (tertiary alicyclic amines) is 1. The van der Waals surface area contributed by atoms with Crippen molar-refractivity contribution in [2.45, 2.75) is 39.2 Å². The summed E-state index contributed by atoms with van der Waals surface area (Å²) in [4.78, 5) is 13.9. The van der Waals surface area contributed by atoms with Crippen molar-refractivity contribution in [1.82, 2.24) is 14.9 Å². The van der Waals surface area contributed by atoms with Crippen molar-refractivity contribution in [3.63, 3.8) is 0 Å². The second kappa shape index (κ2) is 8.68. The van der Waals surface area contributed by atoms with E-state index in [-0.39, 0.29) is 17.5 Å². The minimum atomic E-state index is -3.46. The number of hydrogen-bond donors (Lipinski definition) is 2. The van der Waals surface area contributed by atoms with Crippen LogP contribution < -0.4 is 10.0 Å². The van der Waals surface area contributed by atoms with Crippen molar-refractivity contribution in [2.24, 2.45) is 5.92 Å². The Hall–Kier alpha value is -1.86. The molecule has 2 N–H and O–H groups in total. The van der Waals surface area contributed by atoms with Gasteiger partial charge in [0, 0.05) is 30.6 Å². The van der Waals surface area contributed by atoms with Crippen molar-refractivity contribution >= 4 is 22.1 Å². The highest BCUT2D eigenvalue weighted by Gasteiger charge is 2.25. The average Bonchev–Trinajstić information content (AvgIpc) is 2.58. The van der Waals surface area contributed by atoms with Gasteiger partial charge in [-0.1, -0.05) is 30.3 Å². The van der Waals surface area contributed by atoms with Crippen LogP contribution in [0.2, 0.25) is 0 Å². The molecular formula is C19H29N3O3S. The SMILES string of the molecule is CC(C)(C)NC(=O)N1CCC(CNS(=O)(=O)C=Cc2ccccc2)CC1. The van der Waals surface area contributed by atoms with Crippen molar-refractivity contribution in [2.75, 3.05) is 19.6 Å². The number of amides is 2. The van der Waals surface area contributed by atoms with Gasteiger partial charge in [-0.15, -0.1) is 0 Å². The maximum absolute atomic E-state index is 12.2. The van der Waals surface area contributed by atoms with Crippen molar-refractivity contribution in [1.29, 1.82) is 0 Å². The van der Waals surface area contributed by atoms with Crippen LogP contribution in [-0.4, -0.2) is 44.5 Å². The Labute approximate surface area is 156 Å². The summed E-state index contributed by atoms with van der Waals surface area (Å²) >= 11 is 0. The molecule has 1 aromatic carbocycles. The van der Waals surface area contributed by atoms with Gasteiger partial charge in [0.15, 0.2) is 0 Å². The van der Waals surface area contributed by atoms with E-state index in [1.165, 1.54) is 5.41 Å². The standard InChI is InChI=1S/C19H29N3O3S/c1-19(2,3)21-18(23)22-12-9-17(10-13-22)15-20-26(24,25)14-11-16-7-5-4-6-8-16/h4-8,11,14,17,20H,9-10,12-13,15H2,1-3H3,(H,21,23). The summed E-state index contributed by atoms with van der Waals surface area (Å²) in [7, 11) is -3.46. The highest BCUT2D eigenvalue weighted by Crippen LogP contribution is 2.17. The molecule has 1 aliphatic heterocycles. The third kappa shape index (κ3) is 7.17. The van der Waals surface area contributed by atoms with E-state index in [0.717, 1.165) is 18.4 Å². The molecule has 144 valence electrons. The number of carbonyl (C=O) groups is 1. The molecule has 2 rings (SSSR count). The first-order valence-corrected chi connectivity index (χ1v) is 10.5. The summed E-state index contributed by atoms with van der Waals surface area (Å²) < 4.78 is 26.9. The van der Waals surface area contributed by atoms with Crippen LogP contribution in [0, 0.1) is 5.92 Å². The van der Waals surface area contributed by atoms with E-state index < -0.39 is 10.0 Å². The second-order valence-corrected chi connectivity index (χ2v) is 9.37. The topological polar surface area (TPSA) is 78.5 Å². The number of nitrogens with one attached hydrogen (secondary N) is 2. The number of rotatable bonds is 5. The Bertz CT molecular complexity index is 716. The van der Waals surface area contributed by atoms with E-state index in [4.69, 9.17) is 0 Å². The van der Waals surface area contributed by atoms with Gasteiger partial charge in [0.1, 0.15) is 0 Å². The number of urea groups is 1. The molecular weight excluding hydrogens is 350 g/mol. The van der Waals surface area contributed by atoms with Gasteiger partial charge >= 0.3 is 6.03 Å². The fraction of sp³-hybridized carbons (Fsp3) is 0.526. The molecule has 26 heavy (non-hydrogen) atoms. The van der Waals surface area contributed by atoms with Crippen molar-refractivity contribution < 1.29 is 13.2 Å². The lowest BCUT2D eigenvalue weighted by atomic mass is 9.97. The summed E-state index contributed by atoms with van der Waals surface area (Å²) in [5.74, 6) is 0.244. The van der Waals surface area contributed by atoms with Crippen LogP contribution in [0.25, 0.3) is 6.08 Å². The van der Waals surface area contributed by atoms with E-state index in [1.54, 1.807) is 11.0 Å². The number of sulfonamides is 1. The van der Waals surface area contributed by atoms with Crippen molar-refractivity contribution in [3.05, 3.63) is 41.3 Å². The van der Waals surface area contributed by atoms with Crippen LogP contribution in [0.4, 0.5) is 4.79 Å². The molecule has 0 saturated carbocycles. The van der Waals surface area contributed by atoms with Crippen LogP contribution in [0.5, 0.6) is 0 Å². The summed E-state index contributed by atoms with van der Waals surface area (Å²) in [6.07, 6.45) is 3.17. The van der Waals surface area contributed by atoms with Crippen LogP contribution in [0.15, 0.2) is 35.7 Å². The first kappa shape index (κ1) is 20.5. The molecule has 1 heterocycles. The largest absolute Gasteiger partial charge is 0.333 e. The predicted octanol–water partition coefficient (Wildman–Crippen LogP) is 2.80. The fourth-order valence-corrected chi connectivity index (χ4v) is 3.65. The number of carbonyl (C=O) groups excluding carboxylic acids is 1. The number of hydrogen-bond acceptors (Lipinski definition) is 3. The molecule has 6 nitrogen and oxygen atoms in total. The van der Waals surface area contributed by atoms with Gasteiger partial charge < -0.3 is 10.2 Å². The smallest absolute Gasteiger partial charge is 0.317 e. The van der Waals surface area contributed by atoms with Gasteiger partial charge in [0.05, 0.1) is 0 Å². The van der Waals surface area contributed by atoms with Gasteiger partial charge in [0.2, 0.25) is 10.0 Å². The van der Waals surface area contributed by atoms with Crippen LogP contribution in [0.3, 0.4) is 0 Å². The highest BCUT2D eigenvalue weighted by molar-refractivity contribution is 7.92. The Balaban J connectivity index is 1.77. The van der Waals surface area contributed by atoms with Crippen LogP contribution >= 0.6 is 0 Å². The third-order valence-corrected chi connectivity index (χ3v) is 5.26. The second-order valence-electron chi connectivity index (χ2n) is 7.72. The molecule has 0 bridgehead atoms. The van der Waals surface area contributed by atoms with E-state index in [0.29, 0.717) is 19.6 Å². The Morgan fingerprint density at radius 2 is 1.81 bits per heavy atom. The summed E-state index contributed by atoms with van der Waals surface area (Å²) in [6, 6.07) is 9.27. The molecule has 1 saturated heterocycles. The molecule has 1 aliphatic rings. The first-order chi connectivity index (χ1) is 12.1. The van der Waals surface area contributed by atoms with Gasteiger partial charge in [-0.3, -0.25) is 0 Å². The number of nitrogens with zero attached hydrogens (tertiary/aromatic N) is 1. The van der Waals surface area contributed by atoms with E-state index in [2.05, 4.69) is 10.0 Å². The zero-order valence-electron chi connectivity index (χ0n) is 15.7. The maximum Gasteiger partial charge on any atom is 0.317 e. The van der Waals surface area contributed by atoms with Gasteiger partial charge in [-0.25, -0.2) is 17.9 Å². The minimum absolute atomic E-state index is 0.0534. The van der Waals surface area contributed by atoms with E-state index in [9.17, 15) is 13.2 Å². The summed E-state index contributed by atoms with van der Waals surface area (Å²) in [6.45, 7) is 7.55. The van der Waals surface area contributed by atoms with Crippen LogP contribution in [-0.2, 0) is 10.0 Å². The lowest BCUT2D eigenvalue weighted by Crippen LogP contribution is -2.51. The summed E-state index contributed by atoms with van der Waals surface area (Å²) in [5, 5.41) is 4.16. The molecule has 2 amide bonds. The van der Waals surface area contributed by atoms with E-state index in [1.807, 2.05) is 51.1 Å². The van der Waals surface area contributed by atoms with Crippen molar-refractivity contribution in [3.8, 4) is 0 Å². The van der Waals surface area contributed by atoms with Gasteiger partial charge in [-0.2, -0.15) is 0 Å². The number of piperidine rings is 1. The van der Waals surface area contributed by atoms with Gasteiger partial charge in [0.25, 0.3) is 0 Å². The quantitative estimate of drug-likeness (QED) is 0.826. The molecule has 0 atom stereocenters. The lowest BCUT2D eigenvalue weighted by Gasteiger charge is -2.34. The molecule has 0 radical (unpaired) electrons. The molecule has 0 spiro atoms. The van der Waals surface area contributed by atoms with Gasteiger partial charge in [-0.05, 0) is 51.2 Å². The minimum Gasteiger partial charge on any atom is -0.333 e. The molecule has 0 aromatic heterocycles. The number of benzene rings is 1. The first-order valence-electron chi connectivity index (χ1n) is 8.94. The average molecular weight is 380 g/mol. The fourth-order valence-electron chi connectivity index (χ4n) is 2.75.